The summed E-state index contributed by atoms with van der Waals surface area (Å²) in [6, 6.07) is 0. The highest BCUT2D eigenvalue weighted by Gasteiger charge is 2.59. The third kappa shape index (κ3) is 4.04. The van der Waals surface area contributed by atoms with Gasteiger partial charge in [0.25, 0.3) is 0 Å². The number of hydrogen-bond donors (Lipinski definition) is 5. The van der Waals surface area contributed by atoms with Crippen molar-refractivity contribution in [3.05, 3.63) is 0 Å². The van der Waals surface area contributed by atoms with Gasteiger partial charge in [-0.2, -0.15) is 0 Å². The molecule has 2 aliphatic heterocycles. The second-order valence-electron chi connectivity index (χ2n) is 9.10. The molecule has 0 spiro atoms. The molecule has 3 aliphatic rings. The van der Waals surface area contributed by atoms with E-state index in [-0.39, 0.29) is 23.2 Å². The first-order valence-electron chi connectivity index (χ1n) is 9.87. The molecule has 8 heteroatoms. The van der Waals surface area contributed by atoms with Crippen LogP contribution in [0.5, 0.6) is 0 Å². The lowest BCUT2D eigenvalue weighted by Crippen LogP contribution is -2.60. The Kier molecular flexibility index (Phi) is 6.21. The van der Waals surface area contributed by atoms with E-state index in [9.17, 15) is 25.5 Å². The predicted octanol–water partition coefficient (Wildman–Crippen LogP) is -0.462. The Labute approximate surface area is 160 Å². The average molecular weight is 390 g/mol. The van der Waals surface area contributed by atoms with Crippen molar-refractivity contribution in [1.82, 2.24) is 0 Å². The summed E-state index contributed by atoms with van der Waals surface area (Å²) < 4.78 is 17.6. The van der Waals surface area contributed by atoms with E-state index in [2.05, 4.69) is 13.8 Å². The second-order valence-corrected chi connectivity index (χ2v) is 9.10. The van der Waals surface area contributed by atoms with E-state index >= 15 is 0 Å². The van der Waals surface area contributed by atoms with E-state index in [0.717, 1.165) is 12.8 Å². The molecule has 8 nitrogen and oxygen atoms in total. The summed E-state index contributed by atoms with van der Waals surface area (Å²) in [4.78, 5) is 0. The van der Waals surface area contributed by atoms with Crippen LogP contribution in [0.2, 0.25) is 0 Å². The minimum Gasteiger partial charge on any atom is -0.394 e. The van der Waals surface area contributed by atoms with Crippen LogP contribution >= 0.6 is 0 Å². The maximum atomic E-state index is 10.2. The minimum atomic E-state index is -1.44. The fraction of sp³-hybridized carbons (Fsp3) is 1.00. The van der Waals surface area contributed by atoms with Crippen molar-refractivity contribution < 1.29 is 39.7 Å². The van der Waals surface area contributed by atoms with E-state index in [1.54, 1.807) is 6.92 Å². The smallest absolute Gasteiger partial charge is 0.186 e. The SMILES string of the molecule is CC(O)CCC1C2(C)COC1(C)CC(OC1OC(CO)C(O)C(O)C1O)C2. The Bertz CT molecular complexity index is 494. The summed E-state index contributed by atoms with van der Waals surface area (Å²) in [5, 5.41) is 49.1. The number of hydrogen-bond acceptors (Lipinski definition) is 8. The van der Waals surface area contributed by atoms with Crippen molar-refractivity contribution in [2.75, 3.05) is 13.2 Å². The molecule has 2 saturated heterocycles. The van der Waals surface area contributed by atoms with Crippen LogP contribution in [0.15, 0.2) is 0 Å². The average Bonchev–Trinajstić information content (AvgIpc) is 2.74. The topological polar surface area (TPSA) is 129 Å². The van der Waals surface area contributed by atoms with E-state index in [1.807, 2.05) is 0 Å². The van der Waals surface area contributed by atoms with Gasteiger partial charge >= 0.3 is 0 Å². The lowest BCUT2D eigenvalue weighted by atomic mass is 9.61. The quantitative estimate of drug-likeness (QED) is 0.412. The molecule has 1 saturated carbocycles. The first-order valence-corrected chi connectivity index (χ1v) is 9.87. The van der Waals surface area contributed by atoms with Crippen LogP contribution in [0.4, 0.5) is 0 Å². The Balaban J connectivity index is 1.68. The van der Waals surface area contributed by atoms with Crippen LogP contribution in [0.1, 0.15) is 46.5 Å². The molecule has 5 N–H and O–H groups in total. The summed E-state index contributed by atoms with van der Waals surface area (Å²) in [5.41, 5.74) is -0.499. The predicted molar refractivity (Wildman–Crippen MR) is 94.7 cm³/mol. The summed E-state index contributed by atoms with van der Waals surface area (Å²) in [7, 11) is 0. The standard InChI is InChI=1S/C19H34O8/c1-10(21)4-5-13-18(2)6-11(7-19(13,3)25-9-18)26-17-16(24)15(23)14(22)12(8-20)27-17/h10-17,20-24H,4-9H2,1-3H3. The third-order valence-corrected chi connectivity index (χ3v) is 6.69. The Hall–Kier alpha value is -0.320. The lowest BCUT2D eigenvalue weighted by Gasteiger charge is -2.48. The molecule has 2 heterocycles. The molecule has 158 valence electrons. The summed E-state index contributed by atoms with van der Waals surface area (Å²) in [6.07, 6.45) is -4.00. The molecular formula is C19H34O8. The lowest BCUT2D eigenvalue weighted by molar-refractivity contribution is -0.317. The highest BCUT2D eigenvalue weighted by atomic mass is 16.7. The fourth-order valence-corrected chi connectivity index (χ4v) is 5.24. The highest BCUT2D eigenvalue weighted by molar-refractivity contribution is 5.07. The molecule has 10 atom stereocenters. The van der Waals surface area contributed by atoms with E-state index < -0.39 is 37.3 Å². The molecule has 0 amide bonds. The van der Waals surface area contributed by atoms with Crippen LogP contribution < -0.4 is 0 Å². The van der Waals surface area contributed by atoms with Crippen LogP contribution in [0, 0.1) is 11.3 Å². The zero-order valence-electron chi connectivity index (χ0n) is 16.3. The molecule has 1 aliphatic carbocycles. The number of aliphatic hydroxyl groups excluding tert-OH is 5. The molecule has 0 aromatic heterocycles. The first kappa shape index (κ1) is 21.4. The molecule has 3 rings (SSSR count). The van der Waals surface area contributed by atoms with E-state index in [0.29, 0.717) is 25.4 Å². The van der Waals surface area contributed by atoms with Gasteiger partial charge in [-0.25, -0.2) is 0 Å². The van der Waals surface area contributed by atoms with Crippen LogP contribution in [0.25, 0.3) is 0 Å². The maximum absolute atomic E-state index is 10.2. The van der Waals surface area contributed by atoms with Gasteiger partial charge in [0.05, 0.1) is 31.0 Å². The van der Waals surface area contributed by atoms with Crippen molar-refractivity contribution in [3.63, 3.8) is 0 Å². The van der Waals surface area contributed by atoms with Crippen LogP contribution in [-0.4, -0.2) is 87.3 Å². The van der Waals surface area contributed by atoms with Crippen molar-refractivity contribution in [2.45, 2.75) is 95.0 Å². The Morgan fingerprint density at radius 3 is 2.41 bits per heavy atom. The molecule has 2 bridgehead atoms. The number of aliphatic hydroxyl groups is 5. The van der Waals surface area contributed by atoms with Gasteiger partial charge in [0.2, 0.25) is 0 Å². The van der Waals surface area contributed by atoms with Gasteiger partial charge in [-0.15, -0.1) is 0 Å². The molecule has 0 aromatic rings. The normalized spacial score (nSPS) is 51.3. The van der Waals surface area contributed by atoms with Gasteiger partial charge in [0.1, 0.15) is 24.4 Å². The van der Waals surface area contributed by atoms with Crippen molar-refractivity contribution in [3.8, 4) is 0 Å². The van der Waals surface area contributed by atoms with Gasteiger partial charge in [-0.05, 0) is 44.4 Å². The van der Waals surface area contributed by atoms with Gasteiger partial charge < -0.3 is 39.7 Å². The highest BCUT2D eigenvalue weighted by Crippen LogP contribution is 2.56. The van der Waals surface area contributed by atoms with Gasteiger partial charge in [0.15, 0.2) is 6.29 Å². The molecule has 3 fully saturated rings. The molecule has 0 aromatic carbocycles. The third-order valence-electron chi connectivity index (χ3n) is 6.69. The summed E-state index contributed by atoms with van der Waals surface area (Å²) in [5.74, 6) is 0.300. The van der Waals surface area contributed by atoms with Gasteiger partial charge in [-0.1, -0.05) is 6.92 Å². The zero-order chi connectivity index (χ0) is 20.0. The monoisotopic (exact) mass is 390 g/mol. The fourth-order valence-electron chi connectivity index (χ4n) is 5.24. The maximum Gasteiger partial charge on any atom is 0.186 e. The van der Waals surface area contributed by atoms with E-state index in [1.165, 1.54) is 0 Å². The van der Waals surface area contributed by atoms with Gasteiger partial charge in [0, 0.05) is 6.42 Å². The summed E-state index contributed by atoms with van der Waals surface area (Å²) >= 11 is 0. The largest absolute Gasteiger partial charge is 0.394 e. The molecule has 27 heavy (non-hydrogen) atoms. The molecular weight excluding hydrogens is 356 g/mol. The Morgan fingerprint density at radius 2 is 1.81 bits per heavy atom. The zero-order valence-corrected chi connectivity index (χ0v) is 16.3. The molecule has 10 unspecified atom stereocenters. The van der Waals surface area contributed by atoms with E-state index in [4.69, 9.17) is 14.2 Å². The summed E-state index contributed by atoms with van der Waals surface area (Å²) in [6.45, 7) is 6.15. The Morgan fingerprint density at radius 1 is 1.11 bits per heavy atom. The second kappa shape index (κ2) is 7.84. The van der Waals surface area contributed by atoms with Crippen molar-refractivity contribution >= 4 is 0 Å². The van der Waals surface area contributed by atoms with Crippen molar-refractivity contribution in [2.24, 2.45) is 11.3 Å². The van der Waals surface area contributed by atoms with Crippen LogP contribution in [-0.2, 0) is 14.2 Å². The first-order chi connectivity index (χ1) is 12.6. The van der Waals surface area contributed by atoms with Gasteiger partial charge in [-0.3, -0.25) is 0 Å². The number of rotatable bonds is 6. The minimum absolute atomic E-state index is 0.110. The van der Waals surface area contributed by atoms with Crippen molar-refractivity contribution in [1.29, 1.82) is 0 Å². The molecule has 0 radical (unpaired) electrons. The number of fused-ring (bicyclic) bond motifs is 2. The van der Waals surface area contributed by atoms with Crippen LogP contribution in [0.3, 0.4) is 0 Å². The number of ether oxygens (including phenoxy) is 3.